The molecule has 1 aromatic carbocycles. The molecule has 2 aromatic rings. The molecule has 0 saturated carbocycles. The quantitative estimate of drug-likeness (QED) is 0.849. The van der Waals surface area contributed by atoms with Crippen LogP contribution in [0, 0.1) is 6.92 Å². The summed E-state index contributed by atoms with van der Waals surface area (Å²) in [6.07, 6.45) is 1.01. The Balaban J connectivity index is 2.06. The Morgan fingerprint density at radius 1 is 1.39 bits per heavy atom. The number of nitrogens with two attached hydrogens (primary N) is 1. The van der Waals surface area contributed by atoms with Crippen LogP contribution in [0.3, 0.4) is 0 Å². The first-order valence-electron chi connectivity index (χ1n) is 6.19. The van der Waals surface area contributed by atoms with Gasteiger partial charge in [-0.15, -0.1) is 0 Å². The number of aromatic amines is 1. The molecule has 0 amide bonds. The molecular weight excluding hydrogens is 226 g/mol. The molecule has 0 atom stereocenters. The lowest BCUT2D eigenvalue weighted by Gasteiger charge is -2.07. The van der Waals surface area contributed by atoms with E-state index < -0.39 is 0 Å². The van der Waals surface area contributed by atoms with Crippen molar-refractivity contribution in [3.8, 4) is 5.75 Å². The highest BCUT2D eigenvalue weighted by Crippen LogP contribution is 2.17. The van der Waals surface area contributed by atoms with Gasteiger partial charge in [-0.05, 0) is 31.0 Å². The minimum absolute atomic E-state index is 0.448. The molecule has 4 heteroatoms. The fourth-order valence-corrected chi connectivity index (χ4v) is 1.90. The van der Waals surface area contributed by atoms with Crippen LogP contribution in [-0.4, -0.2) is 10.2 Å². The van der Waals surface area contributed by atoms with Crippen LogP contribution in [0.2, 0.25) is 0 Å². The van der Waals surface area contributed by atoms with Crippen molar-refractivity contribution < 1.29 is 4.74 Å². The molecule has 0 saturated heterocycles. The number of rotatable bonds is 5. The highest BCUT2D eigenvalue weighted by Gasteiger charge is 2.09. The summed E-state index contributed by atoms with van der Waals surface area (Å²) in [5.74, 6) is 0.873. The molecule has 0 aliphatic carbocycles. The number of ether oxygens (including phenoxy) is 1. The predicted octanol–water partition coefficient (Wildman–Crippen LogP) is 2.32. The fourth-order valence-electron chi connectivity index (χ4n) is 1.90. The van der Waals surface area contributed by atoms with Crippen molar-refractivity contribution in [2.24, 2.45) is 5.73 Å². The monoisotopic (exact) mass is 245 g/mol. The molecule has 1 aromatic heterocycles. The minimum Gasteiger partial charge on any atom is -0.487 e. The Morgan fingerprint density at radius 3 is 2.94 bits per heavy atom. The van der Waals surface area contributed by atoms with Gasteiger partial charge in [0.15, 0.2) is 0 Å². The van der Waals surface area contributed by atoms with E-state index in [1.165, 1.54) is 5.56 Å². The SMILES string of the molecule is CCc1cccc(OCc2n[nH]c(C)c2CN)c1. The maximum absolute atomic E-state index is 5.75. The minimum atomic E-state index is 0.448. The van der Waals surface area contributed by atoms with Crippen molar-refractivity contribution in [1.29, 1.82) is 0 Å². The van der Waals surface area contributed by atoms with Gasteiger partial charge in [-0.2, -0.15) is 5.10 Å². The Hall–Kier alpha value is -1.81. The zero-order valence-electron chi connectivity index (χ0n) is 10.9. The summed E-state index contributed by atoms with van der Waals surface area (Å²) in [5.41, 5.74) is 9.90. The number of hydrogen-bond donors (Lipinski definition) is 2. The first-order valence-corrected chi connectivity index (χ1v) is 6.19. The molecule has 18 heavy (non-hydrogen) atoms. The average molecular weight is 245 g/mol. The highest BCUT2D eigenvalue weighted by atomic mass is 16.5. The highest BCUT2D eigenvalue weighted by molar-refractivity contribution is 5.29. The number of nitrogens with zero attached hydrogens (tertiary/aromatic N) is 1. The van der Waals surface area contributed by atoms with Gasteiger partial charge < -0.3 is 10.5 Å². The van der Waals surface area contributed by atoms with Crippen molar-refractivity contribution in [2.75, 3.05) is 0 Å². The lowest BCUT2D eigenvalue weighted by atomic mass is 10.1. The Kier molecular flexibility index (Phi) is 3.99. The number of hydrogen-bond acceptors (Lipinski definition) is 3. The number of aromatic nitrogens is 2. The van der Waals surface area contributed by atoms with Crippen LogP contribution in [0.15, 0.2) is 24.3 Å². The third-order valence-electron chi connectivity index (χ3n) is 3.05. The van der Waals surface area contributed by atoms with E-state index in [4.69, 9.17) is 10.5 Å². The second kappa shape index (κ2) is 5.69. The van der Waals surface area contributed by atoms with Crippen LogP contribution in [0.4, 0.5) is 0 Å². The van der Waals surface area contributed by atoms with Crippen molar-refractivity contribution in [3.63, 3.8) is 0 Å². The van der Waals surface area contributed by atoms with Crippen LogP contribution in [0.1, 0.15) is 29.4 Å². The average Bonchev–Trinajstić information content (AvgIpc) is 2.77. The largest absolute Gasteiger partial charge is 0.487 e. The van der Waals surface area contributed by atoms with Crippen molar-refractivity contribution in [1.82, 2.24) is 10.2 Å². The first kappa shape index (κ1) is 12.6. The zero-order valence-corrected chi connectivity index (χ0v) is 10.9. The van der Waals surface area contributed by atoms with Gasteiger partial charge in [-0.1, -0.05) is 19.1 Å². The topological polar surface area (TPSA) is 63.9 Å². The molecule has 0 fully saturated rings. The second-order valence-electron chi connectivity index (χ2n) is 4.27. The van der Waals surface area contributed by atoms with E-state index in [1.807, 2.05) is 19.1 Å². The number of nitrogens with one attached hydrogen (secondary N) is 1. The number of aryl methyl sites for hydroxylation is 2. The standard InChI is InChI=1S/C14H19N3O/c1-3-11-5-4-6-12(7-11)18-9-14-13(8-15)10(2)16-17-14/h4-7H,3,8-9,15H2,1-2H3,(H,16,17). The summed E-state index contributed by atoms with van der Waals surface area (Å²) in [6.45, 7) is 5.03. The summed E-state index contributed by atoms with van der Waals surface area (Å²) < 4.78 is 5.75. The molecule has 3 N–H and O–H groups in total. The number of H-pyrrole nitrogens is 1. The van der Waals surface area contributed by atoms with E-state index in [1.54, 1.807) is 0 Å². The predicted molar refractivity (Wildman–Crippen MR) is 71.4 cm³/mol. The lowest BCUT2D eigenvalue weighted by molar-refractivity contribution is 0.299. The van der Waals surface area contributed by atoms with Crippen LogP contribution >= 0.6 is 0 Å². The zero-order chi connectivity index (χ0) is 13.0. The maximum Gasteiger partial charge on any atom is 0.132 e. The normalized spacial score (nSPS) is 10.6. The van der Waals surface area contributed by atoms with Crippen molar-refractivity contribution in [2.45, 2.75) is 33.4 Å². The van der Waals surface area contributed by atoms with Crippen molar-refractivity contribution >= 4 is 0 Å². The molecule has 1 heterocycles. The van der Waals surface area contributed by atoms with E-state index in [0.717, 1.165) is 29.1 Å². The fraction of sp³-hybridized carbons (Fsp3) is 0.357. The molecular formula is C14H19N3O. The third kappa shape index (κ3) is 2.71. The smallest absolute Gasteiger partial charge is 0.132 e. The summed E-state index contributed by atoms with van der Waals surface area (Å²) in [7, 11) is 0. The van der Waals surface area contributed by atoms with Crippen molar-refractivity contribution in [3.05, 3.63) is 46.8 Å². The van der Waals surface area contributed by atoms with Gasteiger partial charge in [0, 0.05) is 17.8 Å². The molecule has 2 rings (SSSR count). The van der Waals surface area contributed by atoms with Crippen LogP contribution in [0.5, 0.6) is 5.75 Å². The van der Waals surface area contributed by atoms with Gasteiger partial charge in [0.2, 0.25) is 0 Å². The summed E-state index contributed by atoms with van der Waals surface area (Å²) in [4.78, 5) is 0. The van der Waals surface area contributed by atoms with Gasteiger partial charge in [0.25, 0.3) is 0 Å². The second-order valence-corrected chi connectivity index (χ2v) is 4.27. The third-order valence-corrected chi connectivity index (χ3v) is 3.05. The van der Waals surface area contributed by atoms with Gasteiger partial charge in [0.05, 0.1) is 0 Å². The maximum atomic E-state index is 5.75. The molecule has 0 aliphatic rings. The van der Waals surface area contributed by atoms with E-state index in [2.05, 4.69) is 29.3 Å². The first-order chi connectivity index (χ1) is 8.74. The summed E-state index contributed by atoms with van der Waals surface area (Å²) in [5, 5.41) is 7.15. The summed E-state index contributed by atoms with van der Waals surface area (Å²) in [6, 6.07) is 8.12. The number of benzene rings is 1. The van der Waals surface area contributed by atoms with Crippen LogP contribution in [0.25, 0.3) is 0 Å². The van der Waals surface area contributed by atoms with E-state index in [0.29, 0.717) is 13.2 Å². The summed E-state index contributed by atoms with van der Waals surface area (Å²) >= 11 is 0. The molecule has 0 bridgehead atoms. The molecule has 0 aliphatic heterocycles. The lowest BCUT2D eigenvalue weighted by Crippen LogP contribution is -2.04. The van der Waals surface area contributed by atoms with Gasteiger partial charge in [-0.3, -0.25) is 5.10 Å². The van der Waals surface area contributed by atoms with Gasteiger partial charge in [0.1, 0.15) is 18.1 Å². The van der Waals surface area contributed by atoms with Crippen LogP contribution in [-0.2, 0) is 19.6 Å². The Morgan fingerprint density at radius 2 is 2.22 bits per heavy atom. The van der Waals surface area contributed by atoms with E-state index in [-0.39, 0.29) is 0 Å². The molecule has 4 nitrogen and oxygen atoms in total. The van der Waals surface area contributed by atoms with E-state index >= 15 is 0 Å². The molecule has 96 valence electrons. The van der Waals surface area contributed by atoms with Crippen LogP contribution < -0.4 is 10.5 Å². The Bertz CT molecular complexity index is 520. The van der Waals surface area contributed by atoms with Gasteiger partial charge >= 0.3 is 0 Å². The Labute approximate surface area is 107 Å². The molecule has 0 unspecified atom stereocenters. The molecule has 0 radical (unpaired) electrons. The molecule has 0 spiro atoms. The van der Waals surface area contributed by atoms with E-state index in [9.17, 15) is 0 Å². The van der Waals surface area contributed by atoms with Gasteiger partial charge in [-0.25, -0.2) is 0 Å².